The normalized spacial score (nSPS) is 29.0. The summed E-state index contributed by atoms with van der Waals surface area (Å²) in [4.78, 5) is 14.4. The van der Waals surface area contributed by atoms with Crippen LogP contribution in [0.1, 0.15) is 59.3 Å². The Morgan fingerprint density at radius 3 is 2.60 bits per heavy atom. The number of hydrogen-bond acceptors (Lipinski definition) is 7. The maximum Gasteiger partial charge on any atom is 0.319 e. The van der Waals surface area contributed by atoms with E-state index in [1.54, 1.807) is 6.07 Å². The summed E-state index contributed by atoms with van der Waals surface area (Å²) < 4.78 is 28.8. The van der Waals surface area contributed by atoms with Crippen molar-refractivity contribution in [1.29, 1.82) is 0 Å². The Morgan fingerprint density at radius 2 is 1.90 bits per heavy atom. The summed E-state index contributed by atoms with van der Waals surface area (Å²) in [5.41, 5.74) is 0.197. The number of halogens is 3. The van der Waals surface area contributed by atoms with Gasteiger partial charge in [-0.05, 0) is 85.2 Å². The van der Waals surface area contributed by atoms with Crippen molar-refractivity contribution in [2.24, 2.45) is 0 Å². The maximum absolute atomic E-state index is 15.5. The highest BCUT2D eigenvalue weighted by Crippen LogP contribution is 2.44. The summed E-state index contributed by atoms with van der Waals surface area (Å²) in [6.45, 7) is 15.5. The molecular weight excluding hydrogens is 613 g/mol. The van der Waals surface area contributed by atoms with E-state index in [-0.39, 0.29) is 26.6 Å². The van der Waals surface area contributed by atoms with Crippen LogP contribution in [0.5, 0.6) is 6.01 Å². The zero-order valence-corrected chi connectivity index (χ0v) is 27.7. The summed E-state index contributed by atoms with van der Waals surface area (Å²) in [6.07, 6.45) is 6.69. The average molecular weight is 655 g/mol. The number of fused-ring (bicyclic) bond motifs is 4. The molecule has 4 unspecified atom stereocenters. The van der Waals surface area contributed by atoms with Crippen LogP contribution in [0, 0.1) is 5.82 Å². The molecule has 40 heavy (non-hydrogen) atoms. The number of rotatable bonds is 7. The van der Waals surface area contributed by atoms with Gasteiger partial charge in [-0.1, -0.05) is 32.4 Å². The molecule has 0 saturated carbocycles. The van der Waals surface area contributed by atoms with Gasteiger partial charge in [0.1, 0.15) is 17.9 Å². The smallest absolute Gasteiger partial charge is 0.319 e. The van der Waals surface area contributed by atoms with Crippen LogP contribution in [0.15, 0.2) is 10.5 Å². The second-order valence-electron chi connectivity index (χ2n) is 13.8. The average Bonchev–Trinajstić information content (AvgIpc) is 3.57. The number of benzene rings is 1. The van der Waals surface area contributed by atoms with Crippen LogP contribution in [-0.4, -0.2) is 79.7 Å². The molecule has 4 fully saturated rings. The molecule has 4 aliphatic heterocycles. The number of anilines is 1. The molecule has 2 aromatic rings. The van der Waals surface area contributed by atoms with E-state index in [1.165, 1.54) is 0 Å². The van der Waals surface area contributed by atoms with Crippen molar-refractivity contribution in [2.45, 2.75) is 101 Å². The topological polar surface area (TPSA) is 62.8 Å². The molecule has 5 heterocycles. The number of hydrogen-bond donors (Lipinski definition) is 1. The van der Waals surface area contributed by atoms with Crippen LogP contribution >= 0.6 is 27.5 Å². The van der Waals surface area contributed by atoms with Crippen LogP contribution in [0.2, 0.25) is 23.2 Å². The summed E-state index contributed by atoms with van der Waals surface area (Å²) in [5, 5.41) is 4.81. The number of nitrogens with zero attached hydrogens (tertiary/aromatic N) is 4. The Kier molecular flexibility index (Phi) is 7.69. The lowest BCUT2D eigenvalue weighted by molar-refractivity contribution is 0.0663. The van der Waals surface area contributed by atoms with E-state index >= 15 is 4.39 Å². The summed E-state index contributed by atoms with van der Waals surface area (Å²) in [5.74, 6) is 0.234. The number of aromatic nitrogens is 2. The highest BCUT2D eigenvalue weighted by atomic mass is 79.9. The second-order valence-corrected chi connectivity index (χ2v) is 19.8. The first-order chi connectivity index (χ1) is 18.9. The van der Waals surface area contributed by atoms with Gasteiger partial charge in [-0.3, -0.25) is 4.90 Å². The standard InChI is InChI=1S/C29H42BrClFN5O2Si/c1-28(2,3)40(4,5)39-16-20-9-11-29(10-6-12-37(20)29)17-38-27-34-25-21(13-22(31)23(30)24(25)32)26(35-27)36-14-18-7-8-19(15-36)33-18/h13,18-20,33H,6-12,14-17H2,1-5H3. The first-order valence-electron chi connectivity index (χ1n) is 14.8. The van der Waals surface area contributed by atoms with Crippen LogP contribution in [0.25, 0.3) is 10.9 Å². The molecule has 0 spiro atoms. The van der Waals surface area contributed by atoms with Gasteiger partial charge in [0.15, 0.2) is 14.1 Å². The predicted octanol–water partition coefficient (Wildman–Crippen LogP) is 6.52. The van der Waals surface area contributed by atoms with Gasteiger partial charge in [0.2, 0.25) is 0 Å². The van der Waals surface area contributed by atoms with Crippen molar-refractivity contribution in [2.75, 3.05) is 37.7 Å². The molecule has 1 aromatic carbocycles. The molecule has 2 bridgehead atoms. The zero-order valence-electron chi connectivity index (χ0n) is 24.3. The van der Waals surface area contributed by atoms with Crippen LogP contribution in [0.4, 0.5) is 10.2 Å². The second kappa shape index (κ2) is 10.6. The van der Waals surface area contributed by atoms with Crippen molar-refractivity contribution >= 4 is 52.6 Å². The summed E-state index contributed by atoms with van der Waals surface area (Å²) in [7, 11) is -1.82. The molecule has 1 N–H and O–H groups in total. The van der Waals surface area contributed by atoms with E-state index in [2.05, 4.69) is 69.9 Å². The molecule has 4 atom stereocenters. The maximum atomic E-state index is 15.5. The molecule has 0 amide bonds. The summed E-state index contributed by atoms with van der Waals surface area (Å²) >= 11 is 9.70. The van der Waals surface area contributed by atoms with Gasteiger partial charge < -0.3 is 19.4 Å². The highest BCUT2D eigenvalue weighted by Gasteiger charge is 2.50. The molecule has 4 saturated heterocycles. The molecule has 11 heteroatoms. The van der Waals surface area contributed by atoms with E-state index in [0.29, 0.717) is 41.0 Å². The number of ether oxygens (including phenoxy) is 1. The Hall–Kier alpha value is -1.04. The lowest BCUT2D eigenvalue weighted by atomic mass is 9.95. The SMILES string of the molecule is CC(C)(C)[Si](C)(C)OCC1CCC2(COc3nc(N4CC5CCC(C4)N5)c4cc(Cl)c(Br)c(F)c4n3)CCCN12. The van der Waals surface area contributed by atoms with E-state index in [4.69, 9.17) is 25.7 Å². The zero-order chi connectivity index (χ0) is 28.4. The molecule has 0 aliphatic carbocycles. The fourth-order valence-corrected chi connectivity index (χ4v) is 8.46. The van der Waals surface area contributed by atoms with E-state index < -0.39 is 14.1 Å². The first kappa shape index (κ1) is 29.0. The third-order valence-corrected chi connectivity index (χ3v) is 16.1. The fourth-order valence-electron chi connectivity index (χ4n) is 6.92. The minimum absolute atomic E-state index is 0.0484. The molecule has 220 valence electrons. The highest BCUT2D eigenvalue weighted by molar-refractivity contribution is 9.10. The Labute approximate surface area is 251 Å². The van der Waals surface area contributed by atoms with Gasteiger partial charge in [-0.25, -0.2) is 4.39 Å². The van der Waals surface area contributed by atoms with Gasteiger partial charge in [0.25, 0.3) is 0 Å². The van der Waals surface area contributed by atoms with E-state index in [0.717, 1.165) is 64.8 Å². The molecule has 6 rings (SSSR count). The predicted molar refractivity (Wildman–Crippen MR) is 165 cm³/mol. The van der Waals surface area contributed by atoms with Gasteiger partial charge in [0, 0.05) is 43.2 Å². The molecule has 4 aliphatic rings. The van der Waals surface area contributed by atoms with Crippen LogP contribution < -0.4 is 15.0 Å². The minimum atomic E-state index is -1.82. The third kappa shape index (κ3) is 5.19. The van der Waals surface area contributed by atoms with E-state index in [1.807, 2.05) is 0 Å². The lowest BCUT2D eigenvalue weighted by Gasteiger charge is -2.39. The molecule has 1 aromatic heterocycles. The van der Waals surface area contributed by atoms with Crippen molar-refractivity contribution in [3.05, 3.63) is 21.4 Å². The lowest BCUT2D eigenvalue weighted by Crippen LogP contribution is -2.51. The minimum Gasteiger partial charge on any atom is -0.461 e. The Morgan fingerprint density at radius 1 is 1.18 bits per heavy atom. The molecule has 7 nitrogen and oxygen atoms in total. The van der Waals surface area contributed by atoms with Gasteiger partial charge in [-0.2, -0.15) is 9.97 Å². The third-order valence-electron chi connectivity index (χ3n) is 10.2. The van der Waals surface area contributed by atoms with Gasteiger partial charge in [-0.15, -0.1) is 0 Å². The Bertz CT molecular complexity index is 1280. The molecule has 0 radical (unpaired) electrons. The van der Waals surface area contributed by atoms with Gasteiger partial charge in [0.05, 0.1) is 15.0 Å². The largest absolute Gasteiger partial charge is 0.461 e. The Balaban J connectivity index is 1.24. The summed E-state index contributed by atoms with van der Waals surface area (Å²) in [6, 6.07) is 3.25. The van der Waals surface area contributed by atoms with Crippen molar-refractivity contribution < 1.29 is 13.6 Å². The van der Waals surface area contributed by atoms with Crippen LogP contribution in [0.3, 0.4) is 0 Å². The molecular formula is C29H42BrClFN5O2Si. The number of nitrogens with one attached hydrogen (secondary N) is 1. The number of piperazine rings is 1. The van der Waals surface area contributed by atoms with Crippen LogP contribution in [-0.2, 0) is 4.43 Å². The van der Waals surface area contributed by atoms with Crippen molar-refractivity contribution in [3.63, 3.8) is 0 Å². The quantitative estimate of drug-likeness (QED) is 0.269. The van der Waals surface area contributed by atoms with Crippen molar-refractivity contribution in [1.82, 2.24) is 20.2 Å². The first-order valence-corrected chi connectivity index (χ1v) is 18.8. The monoisotopic (exact) mass is 653 g/mol. The fraction of sp³-hybridized carbons (Fsp3) is 0.724. The van der Waals surface area contributed by atoms with E-state index in [9.17, 15) is 0 Å². The van der Waals surface area contributed by atoms with Crippen molar-refractivity contribution in [3.8, 4) is 6.01 Å². The van der Waals surface area contributed by atoms with Gasteiger partial charge >= 0.3 is 6.01 Å².